The molecule has 7 nitrogen and oxygen atoms in total. The van der Waals surface area contributed by atoms with Crippen LogP contribution in [0, 0.1) is 0 Å². The van der Waals surface area contributed by atoms with Gasteiger partial charge in [-0.15, -0.1) is 5.06 Å². The highest BCUT2D eigenvalue weighted by Gasteiger charge is 2.50. The van der Waals surface area contributed by atoms with E-state index in [0.29, 0.717) is 12.0 Å². The van der Waals surface area contributed by atoms with E-state index in [4.69, 9.17) is 9.57 Å². The number of hydrogen-bond acceptors (Lipinski definition) is 5. The summed E-state index contributed by atoms with van der Waals surface area (Å²) in [4.78, 5) is 44.6. The average molecular weight is 366 g/mol. The maximum absolute atomic E-state index is 12.7. The predicted octanol–water partition coefficient (Wildman–Crippen LogP) is 2.38. The molecule has 0 unspecified atom stereocenters. The molecule has 2 fully saturated rings. The predicted molar refractivity (Wildman–Crippen MR) is 94.2 cm³/mol. The van der Waals surface area contributed by atoms with Crippen molar-refractivity contribution in [2.75, 3.05) is 6.54 Å². The second kappa shape index (κ2) is 7.20. The summed E-state index contributed by atoms with van der Waals surface area (Å²) >= 11 is 0. The van der Waals surface area contributed by atoms with Gasteiger partial charge in [0, 0.05) is 12.0 Å². The third-order valence-electron chi connectivity index (χ3n) is 4.64. The van der Waals surface area contributed by atoms with E-state index in [-0.39, 0.29) is 13.2 Å². The normalized spacial score (nSPS) is 21.3. The summed E-state index contributed by atoms with van der Waals surface area (Å²) in [6, 6.07) is 16.3. The number of carbonyl (C=O) groups excluding carboxylic acids is 3. The third kappa shape index (κ3) is 3.41. The average Bonchev–Trinajstić information content (AvgIpc) is 3.09. The van der Waals surface area contributed by atoms with Gasteiger partial charge in [0.15, 0.2) is 0 Å². The summed E-state index contributed by atoms with van der Waals surface area (Å²) in [5.41, 5.74) is 1.21. The van der Waals surface area contributed by atoms with Crippen LogP contribution in [-0.2, 0) is 21.0 Å². The first-order chi connectivity index (χ1) is 13.1. The molecule has 0 N–H and O–H groups in total. The zero-order valence-corrected chi connectivity index (χ0v) is 14.5. The van der Waals surface area contributed by atoms with Crippen LogP contribution in [0.15, 0.2) is 60.7 Å². The summed E-state index contributed by atoms with van der Waals surface area (Å²) < 4.78 is 5.36. The number of nitrogens with zero attached hydrogens (tertiary/aromatic N) is 2. The van der Waals surface area contributed by atoms with Crippen molar-refractivity contribution >= 4 is 17.9 Å². The fraction of sp³-hybridized carbons (Fsp3) is 0.250. The molecule has 0 radical (unpaired) electrons. The van der Waals surface area contributed by atoms with Crippen molar-refractivity contribution in [3.63, 3.8) is 0 Å². The number of carbonyl (C=O) groups is 3. The first kappa shape index (κ1) is 17.2. The highest BCUT2D eigenvalue weighted by molar-refractivity contribution is 6.04. The molecule has 2 aromatic carbocycles. The highest BCUT2D eigenvalue weighted by atomic mass is 16.7. The van der Waals surface area contributed by atoms with Crippen molar-refractivity contribution in [1.29, 1.82) is 0 Å². The largest absolute Gasteiger partial charge is 0.459 e. The fourth-order valence-corrected chi connectivity index (χ4v) is 3.28. The van der Waals surface area contributed by atoms with Crippen molar-refractivity contribution in [2.24, 2.45) is 0 Å². The third-order valence-corrected chi connectivity index (χ3v) is 4.64. The second-order valence-electron chi connectivity index (χ2n) is 6.47. The molecule has 2 aliphatic heterocycles. The van der Waals surface area contributed by atoms with Crippen molar-refractivity contribution in [3.05, 3.63) is 71.8 Å². The number of hydrogen-bond donors (Lipinski definition) is 0. The van der Waals surface area contributed by atoms with E-state index in [1.54, 1.807) is 30.3 Å². The molecule has 2 aliphatic rings. The summed E-state index contributed by atoms with van der Waals surface area (Å²) in [6.45, 7) is 0.402. The Morgan fingerprint density at radius 1 is 1.04 bits per heavy atom. The number of imide groups is 1. The molecule has 7 heteroatoms. The van der Waals surface area contributed by atoms with Crippen molar-refractivity contribution < 1.29 is 24.0 Å². The summed E-state index contributed by atoms with van der Waals surface area (Å²) in [5.74, 6) is -1.04. The van der Waals surface area contributed by atoms with Gasteiger partial charge < -0.3 is 9.64 Å². The van der Waals surface area contributed by atoms with E-state index < -0.39 is 30.1 Å². The Morgan fingerprint density at radius 3 is 2.41 bits per heavy atom. The molecule has 2 atom stereocenters. The molecule has 27 heavy (non-hydrogen) atoms. The van der Waals surface area contributed by atoms with Gasteiger partial charge in [-0.05, 0) is 17.7 Å². The second-order valence-corrected chi connectivity index (χ2v) is 6.47. The molecule has 138 valence electrons. The summed E-state index contributed by atoms with van der Waals surface area (Å²) in [7, 11) is 0. The monoisotopic (exact) mass is 366 g/mol. The maximum Gasteiger partial charge on any atom is 0.352 e. The molecule has 0 aliphatic carbocycles. The molecule has 2 heterocycles. The molecule has 0 saturated carbocycles. The SMILES string of the molecule is O=C(OCc1ccccc1)[C@@H]1C[C@@H]2CN1C(=O)N(C(=O)c1ccccc1)O2. The van der Waals surface area contributed by atoms with Gasteiger partial charge in [-0.2, -0.15) is 0 Å². The zero-order valence-electron chi connectivity index (χ0n) is 14.5. The van der Waals surface area contributed by atoms with Gasteiger partial charge in [-0.3, -0.25) is 9.63 Å². The Hall–Kier alpha value is -3.19. The molecule has 0 aromatic heterocycles. The molecule has 2 aromatic rings. The van der Waals surface area contributed by atoms with E-state index in [0.717, 1.165) is 10.6 Å². The maximum atomic E-state index is 12.7. The first-order valence-electron chi connectivity index (χ1n) is 8.71. The van der Waals surface area contributed by atoms with Gasteiger partial charge in [-0.25, -0.2) is 9.59 Å². The number of ether oxygens (including phenoxy) is 1. The van der Waals surface area contributed by atoms with Gasteiger partial charge >= 0.3 is 12.0 Å². The van der Waals surface area contributed by atoms with E-state index >= 15 is 0 Å². The first-order valence-corrected chi connectivity index (χ1v) is 8.71. The lowest BCUT2D eigenvalue weighted by atomic mass is 10.2. The standard InChI is InChI=1S/C20H18N2O5/c23-18(15-9-5-2-6-10-15)22-20(25)21-12-16(27-22)11-17(21)19(24)26-13-14-7-3-1-4-8-14/h1-10,16-17H,11-13H2/t16-,17+/m1/s1. The molecule has 4 rings (SSSR count). The highest BCUT2D eigenvalue weighted by Crippen LogP contribution is 2.30. The number of esters is 1. The molecule has 3 amide bonds. The Morgan fingerprint density at radius 2 is 1.70 bits per heavy atom. The lowest BCUT2D eigenvalue weighted by molar-refractivity contribution is -0.151. The van der Waals surface area contributed by atoms with Crippen LogP contribution in [0.1, 0.15) is 22.3 Å². The number of amides is 3. The summed E-state index contributed by atoms with van der Waals surface area (Å²) in [6.07, 6.45) is -0.109. The Balaban J connectivity index is 1.44. The van der Waals surface area contributed by atoms with E-state index in [1.807, 2.05) is 30.3 Å². The lowest BCUT2D eigenvalue weighted by Crippen LogP contribution is -2.53. The Labute approximate surface area is 156 Å². The topological polar surface area (TPSA) is 76.2 Å². The number of hydroxylamine groups is 2. The van der Waals surface area contributed by atoms with Crippen molar-refractivity contribution in [2.45, 2.75) is 25.2 Å². The minimum absolute atomic E-state index is 0.135. The molecule has 0 spiro atoms. The number of urea groups is 1. The molecular weight excluding hydrogens is 348 g/mol. The van der Waals surface area contributed by atoms with Crippen LogP contribution in [0.2, 0.25) is 0 Å². The van der Waals surface area contributed by atoms with Crippen molar-refractivity contribution in [1.82, 2.24) is 9.96 Å². The number of benzene rings is 2. The van der Waals surface area contributed by atoms with E-state index in [2.05, 4.69) is 0 Å². The smallest absolute Gasteiger partial charge is 0.352 e. The van der Waals surface area contributed by atoms with Crippen LogP contribution >= 0.6 is 0 Å². The van der Waals surface area contributed by atoms with E-state index in [1.165, 1.54) is 4.90 Å². The molecule has 2 saturated heterocycles. The number of rotatable bonds is 4. The lowest BCUT2D eigenvalue weighted by Gasteiger charge is -2.32. The van der Waals surface area contributed by atoms with Crippen LogP contribution in [0.3, 0.4) is 0 Å². The molecular formula is C20H18N2O5. The Kier molecular flexibility index (Phi) is 4.60. The minimum atomic E-state index is -0.750. The van der Waals surface area contributed by atoms with Gasteiger partial charge in [-0.1, -0.05) is 48.5 Å². The van der Waals surface area contributed by atoms with Crippen LogP contribution in [0.5, 0.6) is 0 Å². The van der Waals surface area contributed by atoms with Crippen LogP contribution in [-0.4, -0.2) is 46.6 Å². The molecule has 2 bridgehead atoms. The van der Waals surface area contributed by atoms with Gasteiger partial charge in [0.05, 0.1) is 6.54 Å². The van der Waals surface area contributed by atoms with E-state index in [9.17, 15) is 14.4 Å². The van der Waals surface area contributed by atoms with Crippen molar-refractivity contribution in [3.8, 4) is 0 Å². The summed E-state index contributed by atoms with van der Waals surface area (Å²) in [5, 5.41) is 0.744. The Bertz CT molecular complexity index is 855. The van der Waals surface area contributed by atoms with Crippen LogP contribution in [0.4, 0.5) is 4.79 Å². The number of fused-ring (bicyclic) bond motifs is 2. The van der Waals surface area contributed by atoms with Gasteiger partial charge in [0.25, 0.3) is 5.91 Å². The van der Waals surface area contributed by atoms with Gasteiger partial charge in [0.1, 0.15) is 18.8 Å². The quantitative estimate of drug-likeness (QED) is 0.777. The fourth-order valence-electron chi connectivity index (χ4n) is 3.28. The van der Waals surface area contributed by atoms with Gasteiger partial charge in [0.2, 0.25) is 0 Å². The van der Waals surface area contributed by atoms with Crippen LogP contribution < -0.4 is 0 Å². The zero-order chi connectivity index (χ0) is 18.8. The minimum Gasteiger partial charge on any atom is -0.459 e. The van der Waals surface area contributed by atoms with Crippen LogP contribution in [0.25, 0.3) is 0 Å².